The zero-order chi connectivity index (χ0) is 12.5. The minimum Gasteiger partial charge on any atom is -0.800 e. The van der Waals surface area contributed by atoms with Gasteiger partial charge < -0.3 is 30.7 Å². The molecule has 1 heterocycles. The summed E-state index contributed by atoms with van der Waals surface area (Å²) in [6, 6.07) is 7.64. The van der Waals surface area contributed by atoms with E-state index in [0.29, 0.717) is 5.56 Å². The molecule has 1 aromatic rings. The van der Waals surface area contributed by atoms with E-state index < -0.39 is 22.7 Å². The average Bonchev–Trinajstić information content (AvgIpc) is 2.53. The van der Waals surface area contributed by atoms with Crippen LogP contribution in [0.3, 0.4) is 0 Å². The third-order valence-corrected chi connectivity index (χ3v) is 4.51. The molecule has 0 spiro atoms. The van der Waals surface area contributed by atoms with Crippen LogP contribution >= 0.6 is 10.6 Å². The molecule has 1 amide bonds. The maximum Gasteiger partial charge on any atom is 0.251 e. The topological polar surface area (TPSA) is 101 Å². The summed E-state index contributed by atoms with van der Waals surface area (Å²) in [5.74, 6) is -0.428. The van der Waals surface area contributed by atoms with E-state index >= 15 is 0 Å². The van der Waals surface area contributed by atoms with Crippen LogP contribution in [-0.4, -0.2) is 38.6 Å². The second-order valence-corrected chi connectivity index (χ2v) is 6.34. The van der Waals surface area contributed by atoms with Crippen molar-refractivity contribution >= 4 is 16.5 Å². The van der Waals surface area contributed by atoms with Gasteiger partial charge in [0.15, 0.2) is 0 Å². The number of nitrogens with one attached hydrogen (secondary N) is 1. The molecule has 3 N–H and O–H groups in total. The number of amides is 1. The van der Waals surface area contributed by atoms with Crippen LogP contribution in [0.15, 0.2) is 30.3 Å². The SMILES string of the molecule is N[C@H]1CS([O-])([O-])C[C@@H]1NC(=O)c1ccccc1. The van der Waals surface area contributed by atoms with E-state index in [1.807, 2.05) is 6.07 Å². The summed E-state index contributed by atoms with van der Waals surface area (Å²) in [6.07, 6.45) is 0. The lowest BCUT2D eigenvalue weighted by Gasteiger charge is -2.56. The third kappa shape index (κ3) is 2.98. The molecular weight excluding hydrogens is 240 g/mol. The molecule has 0 bridgehead atoms. The first-order chi connectivity index (χ1) is 7.98. The zero-order valence-corrected chi connectivity index (χ0v) is 9.98. The van der Waals surface area contributed by atoms with Crippen LogP contribution in [0, 0.1) is 0 Å². The zero-order valence-electron chi connectivity index (χ0n) is 9.17. The van der Waals surface area contributed by atoms with Gasteiger partial charge in [-0.05, 0) is 23.6 Å². The number of sulfone groups is 1. The molecule has 94 valence electrons. The maximum absolute atomic E-state index is 11.8. The van der Waals surface area contributed by atoms with Crippen LogP contribution in [0.1, 0.15) is 10.4 Å². The van der Waals surface area contributed by atoms with Gasteiger partial charge in [-0.25, -0.2) is 0 Å². The van der Waals surface area contributed by atoms with Crippen molar-refractivity contribution < 1.29 is 13.9 Å². The summed E-state index contributed by atoms with van der Waals surface area (Å²) >= 11 is 0. The lowest BCUT2D eigenvalue weighted by atomic mass is 10.1. The molecule has 1 aromatic carbocycles. The molecule has 17 heavy (non-hydrogen) atoms. The Morgan fingerprint density at radius 3 is 2.47 bits per heavy atom. The summed E-state index contributed by atoms with van der Waals surface area (Å²) in [5.41, 5.74) is 6.19. The van der Waals surface area contributed by atoms with Gasteiger partial charge in [0.05, 0.1) is 6.04 Å². The van der Waals surface area contributed by atoms with E-state index in [1.165, 1.54) is 0 Å². The summed E-state index contributed by atoms with van der Waals surface area (Å²) in [5, 5.41) is 2.66. The van der Waals surface area contributed by atoms with Gasteiger partial charge in [-0.2, -0.15) is 0 Å². The Bertz CT molecular complexity index is 410. The number of hydrogen-bond acceptors (Lipinski definition) is 4. The Balaban J connectivity index is 2.01. The molecule has 1 saturated heterocycles. The highest BCUT2D eigenvalue weighted by molar-refractivity contribution is 8.24. The Kier molecular flexibility index (Phi) is 3.39. The Hall–Kier alpha value is -1.08. The molecule has 0 saturated carbocycles. The standard InChI is InChI=1S/C11H16N2O3S/c12-9-6-17(15,16)7-10(9)13-11(14)8-4-2-1-3-5-8/h1-5,9-10,15-16H,6-7,12H2,(H,13,14)/p-2/t9-,10-/m0/s1. The molecule has 0 radical (unpaired) electrons. The minimum atomic E-state index is -3.11. The Morgan fingerprint density at radius 1 is 1.29 bits per heavy atom. The van der Waals surface area contributed by atoms with Gasteiger partial charge in [-0.3, -0.25) is 4.79 Å². The molecule has 0 aliphatic carbocycles. The van der Waals surface area contributed by atoms with Crippen molar-refractivity contribution in [1.82, 2.24) is 5.32 Å². The lowest BCUT2D eigenvalue weighted by Crippen LogP contribution is -2.46. The van der Waals surface area contributed by atoms with E-state index in [9.17, 15) is 13.9 Å². The smallest absolute Gasteiger partial charge is 0.251 e. The van der Waals surface area contributed by atoms with Crippen molar-refractivity contribution in [3.63, 3.8) is 0 Å². The molecule has 2 rings (SSSR count). The van der Waals surface area contributed by atoms with E-state index in [0.717, 1.165) is 0 Å². The number of nitrogens with two attached hydrogens (primary N) is 1. The number of benzene rings is 1. The quantitative estimate of drug-likeness (QED) is 0.786. The molecule has 5 nitrogen and oxygen atoms in total. The summed E-state index contributed by atoms with van der Waals surface area (Å²) in [7, 11) is -3.11. The number of hydrogen-bond donors (Lipinski definition) is 2. The molecule has 0 unspecified atom stereocenters. The first-order valence-corrected chi connectivity index (χ1v) is 7.12. The van der Waals surface area contributed by atoms with Gasteiger partial charge in [0.1, 0.15) is 0 Å². The predicted octanol–water partition coefficient (Wildman–Crippen LogP) is 0.191. The van der Waals surface area contributed by atoms with Crippen LogP contribution < -0.4 is 11.1 Å². The Morgan fingerprint density at radius 2 is 1.94 bits per heavy atom. The van der Waals surface area contributed by atoms with Crippen molar-refractivity contribution in [2.24, 2.45) is 5.73 Å². The molecule has 1 aliphatic rings. The van der Waals surface area contributed by atoms with E-state index in [-0.39, 0.29) is 17.4 Å². The van der Waals surface area contributed by atoms with Crippen molar-refractivity contribution in [1.29, 1.82) is 0 Å². The summed E-state index contributed by atoms with van der Waals surface area (Å²) in [6.45, 7) is 0. The molecule has 1 aliphatic heterocycles. The first-order valence-electron chi connectivity index (χ1n) is 5.30. The maximum atomic E-state index is 11.8. The highest BCUT2D eigenvalue weighted by atomic mass is 32.3. The van der Waals surface area contributed by atoms with Gasteiger partial charge in [0.25, 0.3) is 5.91 Å². The predicted molar refractivity (Wildman–Crippen MR) is 64.6 cm³/mol. The minimum absolute atomic E-state index is 0.0628. The van der Waals surface area contributed by atoms with Crippen LogP contribution in [0.2, 0.25) is 0 Å². The third-order valence-electron chi connectivity index (χ3n) is 2.75. The van der Waals surface area contributed by atoms with Gasteiger partial charge in [0, 0.05) is 11.6 Å². The fraction of sp³-hybridized carbons (Fsp3) is 0.364. The lowest BCUT2D eigenvalue weighted by molar-refractivity contribution is 0.0938. The molecule has 0 aromatic heterocycles. The van der Waals surface area contributed by atoms with Crippen LogP contribution in [0.5, 0.6) is 0 Å². The second-order valence-electron chi connectivity index (χ2n) is 4.19. The summed E-state index contributed by atoms with van der Waals surface area (Å²) < 4.78 is 22.7. The van der Waals surface area contributed by atoms with Gasteiger partial charge >= 0.3 is 0 Å². The molecular formula is C11H14N2O3S-2. The molecule has 1 fully saturated rings. The van der Waals surface area contributed by atoms with Gasteiger partial charge in [-0.15, -0.1) is 0 Å². The highest BCUT2D eigenvalue weighted by Crippen LogP contribution is 2.44. The summed E-state index contributed by atoms with van der Waals surface area (Å²) in [4.78, 5) is 11.8. The van der Waals surface area contributed by atoms with Crippen LogP contribution in [0.25, 0.3) is 0 Å². The molecule has 6 heteroatoms. The van der Waals surface area contributed by atoms with Crippen LogP contribution in [0.4, 0.5) is 0 Å². The average molecular weight is 254 g/mol. The van der Waals surface area contributed by atoms with Crippen molar-refractivity contribution in [2.45, 2.75) is 12.1 Å². The number of carbonyl (C=O) groups excluding carboxylic acids is 1. The first kappa shape index (κ1) is 12.4. The van der Waals surface area contributed by atoms with Crippen molar-refractivity contribution in [3.8, 4) is 0 Å². The van der Waals surface area contributed by atoms with E-state index in [1.54, 1.807) is 24.3 Å². The molecule has 2 atom stereocenters. The normalized spacial score (nSPS) is 28.6. The fourth-order valence-electron chi connectivity index (χ4n) is 1.86. The van der Waals surface area contributed by atoms with E-state index in [4.69, 9.17) is 5.73 Å². The van der Waals surface area contributed by atoms with Crippen molar-refractivity contribution in [2.75, 3.05) is 11.5 Å². The van der Waals surface area contributed by atoms with Crippen LogP contribution in [-0.2, 0) is 0 Å². The van der Waals surface area contributed by atoms with Gasteiger partial charge in [-0.1, -0.05) is 18.2 Å². The monoisotopic (exact) mass is 254 g/mol. The largest absolute Gasteiger partial charge is 0.800 e. The van der Waals surface area contributed by atoms with Gasteiger partial charge in [0.2, 0.25) is 0 Å². The van der Waals surface area contributed by atoms with E-state index in [2.05, 4.69) is 5.32 Å². The number of carbonyl (C=O) groups is 1. The number of rotatable bonds is 2. The van der Waals surface area contributed by atoms with Crippen molar-refractivity contribution in [3.05, 3.63) is 35.9 Å². The fourth-order valence-corrected chi connectivity index (χ4v) is 3.70. The second kappa shape index (κ2) is 4.66. The Labute approximate surface area is 101 Å². The highest BCUT2D eigenvalue weighted by Gasteiger charge is 2.28.